The SMILES string of the molecule is CCCCn1nc(C(=O)Nc2cc(OC)c(OC)cc2Cl)c2ccccc2c1=O. The van der Waals surface area contributed by atoms with Gasteiger partial charge in [0.1, 0.15) is 0 Å². The van der Waals surface area contributed by atoms with Gasteiger partial charge in [-0.15, -0.1) is 0 Å². The highest BCUT2D eigenvalue weighted by Crippen LogP contribution is 2.36. The van der Waals surface area contributed by atoms with Gasteiger partial charge in [0.25, 0.3) is 11.5 Å². The molecule has 0 fully saturated rings. The van der Waals surface area contributed by atoms with Crippen LogP contribution in [0.25, 0.3) is 10.8 Å². The van der Waals surface area contributed by atoms with E-state index in [0.717, 1.165) is 12.8 Å². The zero-order valence-electron chi connectivity index (χ0n) is 16.5. The third kappa shape index (κ3) is 4.19. The Morgan fingerprint density at radius 2 is 1.79 bits per heavy atom. The summed E-state index contributed by atoms with van der Waals surface area (Å²) in [6.45, 7) is 2.47. The predicted octanol–water partition coefficient (Wildman–Crippen LogP) is 4.12. The molecule has 1 N–H and O–H groups in total. The maximum atomic E-state index is 13.1. The van der Waals surface area contributed by atoms with Crippen molar-refractivity contribution in [3.63, 3.8) is 0 Å². The van der Waals surface area contributed by atoms with Crippen molar-refractivity contribution in [3.8, 4) is 11.5 Å². The first-order valence-corrected chi connectivity index (χ1v) is 9.60. The van der Waals surface area contributed by atoms with Crippen molar-refractivity contribution in [3.05, 3.63) is 57.5 Å². The summed E-state index contributed by atoms with van der Waals surface area (Å²) in [5, 5.41) is 8.32. The molecule has 0 aliphatic carbocycles. The lowest BCUT2D eigenvalue weighted by molar-refractivity contribution is 0.102. The minimum Gasteiger partial charge on any atom is -0.493 e. The fourth-order valence-electron chi connectivity index (χ4n) is 2.99. The summed E-state index contributed by atoms with van der Waals surface area (Å²) < 4.78 is 11.8. The molecule has 7 nitrogen and oxygen atoms in total. The standard InChI is InChI=1S/C21H22ClN3O4/c1-4-5-10-25-21(27)14-9-7-6-8-13(14)19(24-25)20(26)23-16-12-18(29-3)17(28-2)11-15(16)22/h6-9,11-12H,4-5,10H2,1-3H3,(H,23,26). The van der Waals surface area contributed by atoms with Crippen LogP contribution in [0.1, 0.15) is 30.3 Å². The molecule has 1 heterocycles. The van der Waals surface area contributed by atoms with Gasteiger partial charge in [-0.2, -0.15) is 5.10 Å². The molecular weight excluding hydrogens is 394 g/mol. The average molecular weight is 416 g/mol. The number of unbranched alkanes of at least 4 members (excludes halogenated alkanes) is 1. The Morgan fingerprint density at radius 1 is 1.14 bits per heavy atom. The number of nitrogens with zero attached hydrogens (tertiary/aromatic N) is 2. The number of amides is 1. The maximum Gasteiger partial charge on any atom is 0.276 e. The molecule has 1 aromatic heterocycles. The predicted molar refractivity (Wildman–Crippen MR) is 113 cm³/mol. The number of hydrogen-bond donors (Lipinski definition) is 1. The van der Waals surface area contributed by atoms with Gasteiger partial charge in [-0.3, -0.25) is 9.59 Å². The molecule has 0 saturated carbocycles. The first kappa shape index (κ1) is 20.7. The number of hydrogen-bond acceptors (Lipinski definition) is 5. The summed E-state index contributed by atoms with van der Waals surface area (Å²) >= 11 is 6.29. The summed E-state index contributed by atoms with van der Waals surface area (Å²) in [6, 6.07) is 10.1. The fraction of sp³-hybridized carbons (Fsp3) is 0.286. The van der Waals surface area contributed by atoms with E-state index in [0.29, 0.717) is 39.5 Å². The van der Waals surface area contributed by atoms with Crippen LogP contribution in [0.5, 0.6) is 11.5 Å². The van der Waals surface area contributed by atoms with Gasteiger partial charge in [0.15, 0.2) is 17.2 Å². The first-order chi connectivity index (χ1) is 14.0. The highest BCUT2D eigenvalue weighted by atomic mass is 35.5. The largest absolute Gasteiger partial charge is 0.493 e. The Hall–Kier alpha value is -3.06. The average Bonchev–Trinajstić information content (AvgIpc) is 2.74. The molecule has 3 rings (SSSR count). The monoisotopic (exact) mass is 415 g/mol. The molecule has 0 saturated heterocycles. The van der Waals surface area contributed by atoms with Crippen molar-refractivity contribution in [1.29, 1.82) is 0 Å². The Labute approximate surface area is 173 Å². The van der Waals surface area contributed by atoms with E-state index in [1.54, 1.807) is 36.4 Å². The number of aromatic nitrogens is 2. The Kier molecular flexibility index (Phi) is 6.39. The van der Waals surface area contributed by atoms with Gasteiger partial charge in [-0.25, -0.2) is 4.68 Å². The van der Waals surface area contributed by atoms with Gasteiger partial charge in [0, 0.05) is 24.1 Å². The van der Waals surface area contributed by atoms with E-state index >= 15 is 0 Å². The second-order valence-electron chi connectivity index (χ2n) is 6.42. The van der Waals surface area contributed by atoms with E-state index in [4.69, 9.17) is 21.1 Å². The topological polar surface area (TPSA) is 82.5 Å². The summed E-state index contributed by atoms with van der Waals surface area (Å²) in [6.07, 6.45) is 1.69. The highest BCUT2D eigenvalue weighted by molar-refractivity contribution is 6.34. The van der Waals surface area contributed by atoms with Gasteiger partial charge in [-0.1, -0.05) is 43.1 Å². The van der Waals surface area contributed by atoms with Crippen LogP contribution < -0.4 is 20.3 Å². The number of halogens is 1. The quantitative estimate of drug-likeness (QED) is 0.627. The molecule has 29 heavy (non-hydrogen) atoms. The normalized spacial score (nSPS) is 10.8. The molecule has 0 spiro atoms. The Balaban J connectivity index is 2.05. The van der Waals surface area contributed by atoms with E-state index < -0.39 is 5.91 Å². The molecule has 0 bridgehead atoms. The second kappa shape index (κ2) is 8.96. The molecule has 0 atom stereocenters. The summed E-state index contributed by atoms with van der Waals surface area (Å²) in [5.41, 5.74) is 0.295. The van der Waals surface area contributed by atoms with Gasteiger partial charge in [0.05, 0.1) is 30.3 Å². The molecule has 0 aliphatic rings. The molecule has 8 heteroatoms. The van der Waals surface area contributed by atoms with Crippen molar-refractivity contribution in [2.75, 3.05) is 19.5 Å². The molecule has 2 aromatic carbocycles. The molecule has 0 radical (unpaired) electrons. The number of anilines is 1. The first-order valence-electron chi connectivity index (χ1n) is 9.22. The van der Waals surface area contributed by atoms with Crippen LogP contribution in [0.2, 0.25) is 5.02 Å². The number of fused-ring (bicyclic) bond motifs is 1. The Morgan fingerprint density at radius 3 is 2.45 bits per heavy atom. The van der Waals surface area contributed by atoms with Crippen LogP contribution in [0.4, 0.5) is 5.69 Å². The lowest BCUT2D eigenvalue weighted by Crippen LogP contribution is -2.27. The van der Waals surface area contributed by atoms with E-state index in [2.05, 4.69) is 10.4 Å². The third-order valence-electron chi connectivity index (χ3n) is 4.53. The number of rotatable bonds is 7. The van der Waals surface area contributed by atoms with Gasteiger partial charge in [-0.05, 0) is 12.5 Å². The number of aryl methyl sites for hydroxylation is 1. The maximum absolute atomic E-state index is 13.1. The zero-order valence-corrected chi connectivity index (χ0v) is 17.2. The number of carbonyl (C=O) groups is 1. The van der Waals surface area contributed by atoms with Crippen LogP contribution in [0.15, 0.2) is 41.2 Å². The lowest BCUT2D eigenvalue weighted by atomic mass is 10.1. The van der Waals surface area contributed by atoms with Crippen LogP contribution in [-0.2, 0) is 6.54 Å². The van der Waals surface area contributed by atoms with Crippen LogP contribution >= 0.6 is 11.6 Å². The van der Waals surface area contributed by atoms with Crippen molar-refractivity contribution < 1.29 is 14.3 Å². The molecule has 152 valence electrons. The van der Waals surface area contributed by atoms with Crippen LogP contribution in [0, 0.1) is 0 Å². The minimum atomic E-state index is -0.472. The van der Waals surface area contributed by atoms with E-state index in [1.165, 1.54) is 18.9 Å². The van der Waals surface area contributed by atoms with E-state index in [9.17, 15) is 9.59 Å². The summed E-state index contributed by atoms with van der Waals surface area (Å²) in [5.74, 6) is 0.408. The molecule has 3 aromatic rings. The van der Waals surface area contributed by atoms with Crippen LogP contribution in [0.3, 0.4) is 0 Å². The van der Waals surface area contributed by atoms with Gasteiger partial charge in [0.2, 0.25) is 0 Å². The highest BCUT2D eigenvalue weighted by Gasteiger charge is 2.19. The van der Waals surface area contributed by atoms with Crippen molar-refractivity contribution in [2.45, 2.75) is 26.3 Å². The summed E-state index contributed by atoms with van der Waals surface area (Å²) in [7, 11) is 3.00. The lowest BCUT2D eigenvalue weighted by Gasteiger charge is -2.14. The van der Waals surface area contributed by atoms with E-state index in [-0.39, 0.29) is 11.3 Å². The van der Waals surface area contributed by atoms with Gasteiger partial charge < -0.3 is 14.8 Å². The zero-order chi connectivity index (χ0) is 21.0. The smallest absolute Gasteiger partial charge is 0.276 e. The number of ether oxygens (including phenoxy) is 2. The number of methoxy groups -OCH3 is 2. The Bertz CT molecular complexity index is 1110. The molecule has 1 amide bonds. The summed E-state index contributed by atoms with van der Waals surface area (Å²) in [4.78, 5) is 25.7. The molecule has 0 unspecified atom stereocenters. The van der Waals surface area contributed by atoms with Gasteiger partial charge >= 0.3 is 0 Å². The van der Waals surface area contributed by atoms with Crippen LogP contribution in [-0.4, -0.2) is 29.9 Å². The fourth-order valence-corrected chi connectivity index (χ4v) is 3.19. The second-order valence-corrected chi connectivity index (χ2v) is 6.82. The van der Waals surface area contributed by atoms with Crippen molar-refractivity contribution >= 4 is 34.0 Å². The minimum absolute atomic E-state index is 0.155. The third-order valence-corrected chi connectivity index (χ3v) is 4.84. The molecular formula is C21H22ClN3O4. The number of nitrogens with one attached hydrogen (secondary N) is 1. The number of benzene rings is 2. The number of carbonyl (C=O) groups excluding carboxylic acids is 1. The van der Waals surface area contributed by atoms with Crippen molar-refractivity contribution in [2.24, 2.45) is 0 Å². The molecule has 0 aliphatic heterocycles. The van der Waals surface area contributed by atoms with E-state index in [1.807, 2.05) is 6.92 Å². The van der Waals surface area contributed by atoms with Crippen molar-refractivity contribution in [1.82, 2.24) is 9.78 Å².